The van der Waals surface area contributed by atoms with Crippen LogP contribution in [0.15, 0.2) is 21.3 Å². The number of aliphatic imine (C=N–C) groups is 1. The zero-order chi connectivity index (χ0) is 20.7. The zero-order valence-electron chi connectivity index (χ0n) is 17.1. The van der Waals surface area contributed by atoms with Crippen LogP contribution in [-0.2, 0) is 23.0 Å². The Balaban J connectivity index is 1.87. The smallest absolute Gasteiger partial charge is 0.252 e. The molecule has 0 spiro atoms. The number of guanidine groups is 1. The van der Waals surface area contributed by atoms with E-state index in [-0.39, 0.29) is 0 Å². The Labute approximate surface area is 176 Å². The molecule has 2 rings (SSSR count). The molecule has 0 saturated heterocycles. The summed E-state index contributed by atoms with van der Waals surface area (Å²) < 4.78 is 27.0. The van der Waals surface area contributed by atoms with Crippen LogP contribution in [0, 0.1) is 13.8 Å². The number of thiophene rings is 1. The van der Waals surface area contributed by atoms with E-state index in [1.54, 1.807) is 24.5 Å². The predicted octanol–water partition coefficient (Wildman–Crippen LogP) is 2.76. The standard InChI is InChI=1S/C18H29N5O2S3/c1-6-23(7-2)28(24,25)17-9-8-15(27-17)10-11-20-18(19-5)21-12-16-13(3)22-14(4)26-16/h8-9H,6-7,10-12H2,1-5H3,(H2,19,20,21). The van der Waals surface area contributed by atoms with Gasteiger partial charge in [-0.3, -0.25) is 4.99 Å². The van der Waals surface area contributed by atoms with E-state index in [1.165, 1.54) is 20.5 Å². The van der Waals surface area contributed by atoms with Crippen molar-refractivity contribution in [1.29, 1.82) is 0 Å². The van der Waals surface area contributed by atoms with Crippen LogP contribution >= 0.6 is 22.7 Å². The van der Waals surface area contributed by atoms with Crippen LogP contribution in [0.2, 0.25) is 0 Å². The van der Waals surface area contributed by atoms with E-state index >= 15 is 0 Å². The van der Waals surface area contributed by atoms with Crippen molar-refractivity contribution in [3.8, 4) is 0 Å². The maximum absolute atomic E-state index is 12.6. The van der Waals surface area contributed by atoms with Crippen LogP contribution in [0.4, 0.5) is 0 Å². The van der Waals surface area contributed by atoms with Crippen LogP contribution in [0.1, 0.15) is 34.3 Å². The van der Waals surface area contributed by atoms with E-state index in [2.05, 4.69) is 20.6 Å². The number of thiazole rings is 1. The molecule has 0 bridgehead atoms. The molecule has 0 aliphatic carbocycles. The van der Waals surface area contributed by atoms with Gasteiger partial charge in [0.2, 0.25) is 0 Å². The number of rotatable bonds is 9. The minimum absolute atomic E-state index is 0.407. The van der Waals surface area contributed by atoms with Gasteiger partial charge in [0.1, 0.15) is 4.21 Å². The Morgan fingerprint density at radius 3 is 2.46 bits per heavy atom. The van der Waals surface area contributed by atoms with Gasteiger partial charge in [-0.1, -0.05) is 13.8 Å². The van der Waals surface area contributed by atoms with Gasteiger partial charge in [-0.15, -0.1) is 22.7 Å². The van der Waals surface area contributed by atoms with Crippen LogP contribution in [0.3, 0.4) is 0 Å². The van der Waals surface area contributed by atoms with Gasteiger partial charge in [0, 0.05) is 36.4 Å². The molecule has 0 amide bonds. The molecule has 0 aliphatic rings. The third-order valence-corrected chi connectivity index (χ3v) is 8.98. The highest BCUT2D eigenvalue weighted by atomic mass is 32.2. The molecule has 10 heteroatoms. The molecule has 0 fully saturated rings. The summed E-state index contributed by atoms with van der Waals surface area (Å²) in [5, 5.41) is 7.63. The quantitative estimate of drug-likeness (QED) is 0.460. The summed E-state index contributed by atoms with van der Waals surface area (Å²) in [6, 6.07) is 3.60. The summed E-state index contributed by atoms with van der Waals surface area (Å²) in [4.78, 5) is 10.9. The number of hydrogen-bond acceptors (Lipinski definition) is 6. The number of nitrogens with zero attached hydrogens (tertiary/aromatic N) is 3. The molecule has 2 aromatic rings. The van der Waals surface area contributed by atoms with Crippen LogP contribution in [0.5, 0.6) is 0 Å². The molecule has 0 atom stereocenters. The lowest BCUT2D eigenvalue weighted by Gasteiger charge is -2.16. The Bertz CT molecular complexity index is 898. The van der Waals surface area contributed by atoms with E-state index in [0.717, 1.165) is 28.0 Å². The van der Waals surface area contributed by atoms with E-state index in [9.17, 15) is 8.42 Å². The molecule has 0 saturated carbocycles. The summed E-state index contributed by atoms with van der Waals surface area (Å²) in [5.74, 6) is 0.720. The third-order valence-electron chi connectivity index (χ3n) is 4.24. The Kier molecular flexibility index (Phi) is 8.41. The predicted molar refractivity (Wildman–Crippen MR) is 118 cm³/mol. The molecule has 28 heavy (non-hydrogen) atoms. The molecule has 2 N–H and O–H groups in total. The first-order chi connectivity index (χ1) is 13.3. The first kappa shape index (κ1) is 22.8. The fourth-order valence-corrected chi connectivity index (χ4v) is 6.59. The minimum atomic E-state index is -3.38. The van der Waals surface area contributed by atoms with Crippen LogP contribution in [-0.4, -0.2) is 50.3 Å². The SMILES string of the molecule is CCN(CC)S(=O)(=O)c1ccc(CCNC(=NC)NCc2sc(C)nc2C)s1. The fourth-order valence-electron chi connectivity index (χ4n) is 2.75. The fraction of sp³-hybridized carbons (Fsp3) is 0.556. The second-order valence-electron chi connectivity index (χ2n) is 6.15. The summed E-state index contributed by atoms with van der Waals surface area (Å²) in [6.45, 7) is 10.0. The van der Waals surface area contributed by atoms with Crippen molar-refractivity contribution >= 4 is 38.7 Å². The lowest BCUT2D eigenvalue weighted by atomic mass is 10.3. The number of nitrogens with one attached hydrogen (secondary N) is 2. The monoisotopic (exact) mass is 443 g/mol. The van der Waals surface area contributed by atoms with Gasteiger partial charge < -0.3 is 10.6 Å². The summed E-state index contributed by atoms with van der Waals surface area (Å²) in [6.07, 6.45) is 0.734. The second-order valence-corrected chi connectivity index (χ2v) is 10.8. The van der Waals surface area contributed by atoms with Crippen molar-refractivity contribution in [1.82, 2.24) is 19.9 Å². The average molecular weight is 444 g/mol. The normalized spacial score (nSPS) is 12.6. The van der Waals surface area contributed by atoms with Gasteiger partial charge in [-0.25, -0.2) is 13.4 Å². The molecule has 0 radical (unpaired) electrons. The number of aryl methyl sites for hydroxylation is 2. The molecule has 2 aromatic heterocycles. The molecular weight excluding hydrogens is 414 g/mol. The van der Waals surface area contributed by atoms with Crippen molar-refractivity contribution in [2.75, 3.05) is 26.7 Å². The average Bonchev–Trinajstić information content (AvgIpc) is 3.25. The van der Waals surface area contributed by atoms with Crippen LogP contribution in [0.25, 0.3) is 0 Å². The van der Waals surface area contributed by atoms with E-state index in [1.807, 2.05) is 33.8 Å². The minimum Gasteiger partial charge on any atom is -0.356 e. The van der Waals surface area contributed by atoms with Gasteiger partial charge >= 0.3 is 0 Å². The summed E-state index contributed by atoms with van der Waals surface area (Å²) >= 11 is 3.02. The maximum atomic E-state index is 12.6. The Morgan fingerprint density at radius 1 is 1.18 bits per heavy atom. The van der Waals surface area contributed by atoms with E-state index < -0.39 is 10.0 Å². The first-order valence-corrected chi connectivity index (χ1v) is 12.3. The van der Waals surface area contributed by atoms with Gasteiger partial charge in [0.15, 0.2) is 5.96 Å². The topological polar surface area (TPSA) is 86.7 Å². The lowest BCUT2D eigenvalue weighted by Crippen LogP contribution is -2.37. The lowest BCUT2D eigenvalue weighted by molar-refractivity contribution is 0.447. The van der Waals surface area contributed by atoms with Crippen molar-refractivity contribution in [3.63, 3.8) is 0 Å². The Morgan fingerprint density at radius 2 is 1.89 bits per heavy atom. The molecule has 7 nitrogen and oxygen atoms in total. The number of aromatic nitrogens is 1. The highest BCUT2D eigenvalue weighted by molar-refractivity contribution is 7.91. The maximum Gasteiger partial charge on any atom is 0.252 e. The van der Waals surface area contributed by atoms with E-state index in [0.29, 0.717) is 30.4 Å². The van der Waals surface area contributed by atoms with Gasteiger partial charge in [0.05, 0.1) is 17.2 Å². The molecule has 0 aliphatic heterocycles. The molecule has 2 heterocycles. The van der Waals surface area contributed by atoms with Gasteiger partial charge in [-0.2, -0.15) is 4.31 Å². The highest BCUT2D eigenvalue weighted by Crippen LogP contribution is 2.25. The number of hydrogen-bond donors (Lipinski definition) is 2. The number of sulfonamides is 1. The highest BCUT2D eigenvalue weighted by Gasteiger charge is 2.23. The Hall–Kier alpha value is -1.49. The third kappa shape index (κ3) is 5.76. The second kappa shape index (κ2) is 10.3. The van der Waals surface area contributed by atoms with E-state index in [4.69, 9.17) is 0 Å². The van der Waals surface area contributed by atoms with Crippen molar-refractivity contribution in [3.05, 3.63) is 32.6 Å². The molecule has 156 valence electrons. The van der Waals surface area contributed by atoms with Gasteiger partial charge in [0.25, 0.3) is 10.0 Å². The molecular formula is C18H29N5O2S3. The van der Waals surface area contributed by atoms with Crippen molar-refractivity contribution < 1.29 is 8.42 Å². The van der Waals surface area contributed by atoms with Crippen molar-refractivity contribution in [2.24, 2.45) is 4.99 Å². The first-order valence-electron chi connectivity index (χ1n) is 9.28. The summed E-state index contributed by atoms with van der Waals surface area (Å²) in [5.41, 5.74) is 1.05. The largest absolute Gasteiger partial charge is 0.356 e. The van der Waals surface area contributed by atoms with Gasteiger partial charge in [-0.05, 0) is 32.4 Å². The van der Waals surface area contributed by atoms with Crippen LogP contribution < -0.4 is 10.6 Å². The molecule has 0 aromatic carbocycles. The zero-order valence-corrected chi connectivity index (χ0v) is 19.5. The molecule has 0 unspecified atom stereocenters. The summed E-state index contributed by atoms with van der Waals surface area (Å²) in [7, 11) is -1.64. The van der Waals surface area contributed by atoms with Crippen molar-refractivity contribution in [2.45, 2.75) is 44.9 Å².